The number of halogens is 4. The van der Waals surface area contributed by atoms with Gasteiger partial charge in [0, 0.05) is 19.7 Å². The molecule has 0 aliphatic rings. The zero-order chi connectivity index (χ0) is 10.9. The molecule has 14 heavy (non-hydrogen) atoms. The van der Waals surface area contributed by atoms with Crippen molar-refractivity contribution in [1.82, 2.24) is 0 Å². The molecule has 1 rings (SSSR count). The normalized spacial score (nSPS) is 10.7. The lowest BCUT2D eigenvalue weighted by molar-refractivity contribution is 0.0998. The van der Waals surface area contributed by atoms with E-state index in [1.807, 2.05) is 22.6 Å². The Labute approximate surface area is 98.6 Å². The molecule has 0 saturated carbocycles. The molecule has 0 heterocycles. The van der Waals surface area contributed by atoms with Crippen LogP contribution in [-0.4, -0.2) is 5.78 Å². The molecule has 1 aromatic carbocycles. The van der Waals surface area contributed by atoms with Crippen molar-refractivity contribution in [2.24, 2.45) is 0 Å². The van der Waals surface area contributed by atoms with Crippen molar-refractivity contribution < 1.29 is 13.6 Å². The third kappa shape index (κ3) is 2.42. The van der Waals surface area contributed by atoms with Gasteiger partial charge in [0.25, 0.3) is 6.43 Å². The molecule has 5 heteroatoms. The lowest BCUT2D eigenvalue weighted by atomic mass is 10.1. The van der Waals surface area contributed by atoms with Gasteiger partial charge in [0.15, 0.2) is 5.78 Å². The van der Waals surface area contributed by atoms with E-state index >= 15 is 0 Å². The summed E-state index contributed by atoms with van der Waals surface area (Å²) < 4.78 is 25.5. The summed E-state index contributed by atoms with van der Waals surface area (Å²) in [6, 6.07) is 2.62. The number of hydrogen-bond acceptors (Lipinski definition) is 1. The van der Waals surface area contributed by atoms with Crippen LogP contribution in [0.1, 0.15) is 29.3 Å². The first-order valence-electron chi connectivity index (χ1n) is 3.71. The van der Waals surface area contributed by atoms with Gasteiger partial charge in [-0.25, -0.2) is 8.78 Å². The minimum absolute atomic E-state index is 0.0602. The zero-order valence-electron chi connectivity index (χ0n) is 7.15. The van der Waals surface area contributed by atoms with Crippen LogP contribution in [0.25, 0.3) is 0 Å². The second kappa shape index (κ2) is 4.53. The van der Waals surface area contributed by atoms with Crippen LogP contribution in [0, 0.1) is 3.57 Å². The second-order valence-electron chi connectivity index (χ2n) is 2.71. The molecule has 0 spiro atoms. The van der Waals surface area contributed by atoms with Crippen molar-refractivity contribution in [2.75, 3.05) is 0 Å². The molecule has 0 amide bonds. The van der Waals surface area contributed by atoms with Gasteiger partial charge in [-0.15, -0.1) is 0 Å². The van der Waals surface area contributed by atoms with E-state index < -0.39 is 6.43 Å². The van der Waals surface area contributed by atoms with E-state index in [4.69, 9.17) is 11.6 Å². The molecule has 1 nitrogen and oxygen atoms in total. The van der Waals surface area contributed by atoms with Crippen molar-refractivity contribution in [3.05, 3.63) is 31.9 Å². The molecule has 0 aromatic heterocycles. The van der Waals surface area contributed by atoms with Crippen molar-refractivity contribution in [1.29, 1.82) is 0 Å². The topological polar surface area (TPSA) is 17.1 Å². The average Bonchev–Trinajstić information content (AvgIpc) is 2.01. The second-order valence-corrected chi connectivity index (χ2v) is 4.31. The van der Waals surface area contributed by atoms with E-state index in [0.29, 0.717) is 3.57 Å². The van der Waals surface area contributed by atoms with Gasteiger partial charge in [0.2, 0.25) is 0 Å². The first-order valence-corrected chi connectivity index (χ1v) is 5.17. The molecular formula is C9H6ClF2IO. The number of alkyl halides is 2. The average molecular weight is 330 g/mol. The number of rotatable bonds is 2. The number of carbonyl (C=O) groups excluding carboxylic acids is 1. The van der Waals surface area contributed by atoms with E-state index in [9.17, 15) is 13.6 Å². The third-order valence-corrected chi connectivity index (χ3v) is 2.74. The maximum absolute atomic E-state index is 12.5. The van der Waals surface area contributed by atoms with Crippen molar-refractivity contribution in [2.45, 2.75) is 13.3 Å². The van der Waals surface area contributed by atoms with Crippen LogP contribution in [0.2, 0.25) is 5.02 Å². The number of Topliss-reactive ketones (excluding diaryl/α,β-unsaturated/α-hetero) is 1. The lowest BCUT2D eigenvalue weighted by Crippen LogP contribution is -2.03. The largest absolute Gasteiger partial charge is 0.294 e. The van der Waals surface area contributed by atoms with Crippen LogP contribution in [-0.2, 0) is 0 Å². The number of benzene rings is 1. The molecule has 1 aromatic rings. The molecule has 0 unspecified atom stereocenters. The Hall–Kier alpha value is -0.230. The summed E-state index contributed by atoms with van der Waals surface area (Å²) in [6.45, 7) is 1.26. The lowest BCUT2D eigenvalue weighted by Gasteiger charge is -2.08. The third-order valence-electron chi connectivity index (χ3n) is 1.67. The maximum atomic E-state index is 12.5. The quantitative estimate of drug-likeness (QED) is 0.590. The molecule has 0 fully saturated rings. The number of carbonyl (C=O) groups is 1. The minimum Gasteiger partial charge on any atom is -0.294 e. The highest BCUT2D eigenvalue weighted by Gasteiger charge is 2.19. The first-order chi connectivity index (χ1) is 6.43. The summed E-state index contributed by atoms with van der Waals surface area (Å²) in [5, 5.41) is 0.217. The van der Waals surface area contributed by atoms with Gasteiger partial charge in [-0.2, -0.15) is 0 Å². The van der Waals surface area contributed by atoms with E-state index in [-0.39, 0.29) is 21.9 Å². The summed E-state index contributed by atoms with van der Waals surface area (Å²) in [5.41, 5.74) is -0.237. The molecule has 0 bridgehead atoms. The summed E-state index contributed by atoms with van der Waals surface area (Å²) in [6.07, 6.45) is -2.68. The molecular weight excluding hydrogens is 324 g/mol. The van der Waals surface area contributed by atoms with Gasteiger partial charge >= 0.3 is 0 Å². The Kier molecular flexibility index (Phi) is 3.83. The first kappa shape index (κ1) is 11.8. The van der Waals surface area contributed by atoms with Gasteiger partial charge in [-0.1, -0.05) is 11.6 Å². The Balaban J connectivity index is 3.44. The standard InChI is InChI=1S/C9H6ClF2IO/c1-4(14)8-6(9(11)12)2-5(10)3-7(8)13/h2-3,9H,1H3. The molecule has 0 N–H and O–H groups in total. The van der Waals surface area contributed by atoms with Gasteiger partial charge in [0.05, 0.1) is 0 Å². The van der Waals surface area contributed by atoms with E-state index in [1.54, 1.807) is 0 Å². The summed E-state index contributed by atoms with van der Waals surface area (Å²) in [4.78, 5) is 11.1. The van der Waals surface area contributed by atoms with Gasteiger partial charge in [0.1, 0.15) is 0 Å². The Morgan fingerprint density at radius 2 is 2.07 bits per heavy atom. The molecule has 0 atom stereocenters. The van der Waals surface area contributed by atoms with E-state index in [0.717, 1.165) is 6.07 Å². The fraction of sp³-hybridized carbons (Fsp3) is 0.222. The maximum Gasteiger partial charge on any atom is 0.264 e. The fourth-order valence-electron chi connectivity index (χ4n) is 1.14. The van der Waals surface area contributed by atoms with E-state index in [1.165, 1.54) is 13.0 Å². The van der Waals surface area contributed by atoms with Gasteiger partial charge in [-0.05, 0) is 41.6 Å². The summed E-state index contributed by atoms with van der Waals surface area (Å²) in [7, 11) is 0. The van der Waals surface area contributed by atoms with Crippen LogP contribution in [0.4, 0.5) is 8.78 Å². The van der Waals surface area contributed by atoms with Crippen LogP contribution in [0.5, 0.6) is 0 Å². The van der Waals surface area contributed by atoms with Crippen LogP contribution in [0.3, 0.4) is 0 Å². The van der Waals surface area contributed by atoms with Gasteiger partial charge in [-0.3, -0.25) is 4.79 Å². The van der Waals surface area contributed by atoms with Gasteiger partial charge < -0.3 is 0 Å². The smallest absolute Gasteiger partial charge is 0.264 e. The molecule has 0 aliphatic carbocycles. The number of ketones is 1. The zero-order valence-corrected chi connectivity index (χ0v) is 10.1. The highest BCUT2D eigenvalue weighted by atomic mass is 127. The fourth-order valence-corrected chi connectivity index (χ4v) is 2.57. The summed E-state index contributed by atoms with van der Waals surface area (Å²) in [5.74, 6) is -0.374. The van der Waals surface area contributed by atoms with Crippen molar-refractivity contribution in [3.63, 3.8) is 0 Å². The van der Waals surface area contributed by atoms with Crippen molar-refractivity contribution >= 4 is 40.0 Å². The highest BCUT2D eigenvalue weighted by Crippen LogP contribution is 2.30. The Morgan fingerprint density at radius 1 is 1.50 bits per heavy atom. The molecule has 0 radical (unpaired) electrons. The predicted molar refractivity (Wildman–Crippen MR) is 59.1 cm³/mol. The SMILES string of the molecule is CC(=O)c1c(I)cc(Cl)cc1C(F)F. The van der Waals surface area contributed by atoms with Crippen molar-refractivity contribution in [3.8, 4) is 0 Å². The van der Waals surface area contributed by atoms with E-state index in [2.05, 4.69) is 0 Å². The molecule has 0 aliphatic heterocycles. The number of hydrogen-bond donors (Lipinski definition) is 0. The Bertz CT molecular complexity index is 379. The Morgan fingerprint density at radius 3 is 2.50 bits per heavy atom. The highest BCUT2D eigenvalue weighted by molar-refractivity contribution is 14.1. The molecule has 0 saturated heterocycles. The predicted octanol–water partition coefficient (Wildman–Crippen LogP) is 4.08. The minimum atomic E-state index is -2.68. The summed E-state index contributed by atoms with van der Waals surface area (Å²) >= 11 is 7.44. The monoisotopic (exact) mass is 330 g/mol. The van der Waals surface area contributed by atoms with Crippen LogP contribution < -0.4 is 0 Å². The molecule has 76 valence electrons. The van der Waals surface area contributed by atoms with Crippen LogP contribution in [0.15, 0.2) is 12.1 Å². The van der Waals surface area contributed by atoms with Crippen LogP contribution >= 0.6 is 34.2 Å².